The molecule has 7 heteroatoms. The van der Waals surface area contributed by atoms with E-state index >= 15 is 0 Å². The molecule has 1 saturated heterocycles. The third kappa shape index (κ3) is 3.07. The first kappa shape index (κ1) is 16.3. The summed E-state index contributed by atoms with van der Waals surface area (Å²) in [6, 6.07) is 4.70. The van der Waals surface area contributed by atoms with E-state index in [1.807, 2.05) is 12.1 Å². The molecule has 1 aliphatic carbocycles. The summed E-state index contributed by atoms with van der Waals surface area (Å²) in [6.45, 7) is 6.02. The molecule has 3 heterocycles. The first-order valence-electron chi connectivity index (χ1n) is 9.37. The molecule has 2 aromatic rings. The van der Waals surface area contributed by atoms with Gasteiger partial charge in [0.25, 0.3) is 0 Å². The quantitative estimate of drug-likeness (QED) is 0.851. The second kappa shape index (κ2) is 6.61. The summed E-state index contributed by atoms with van der Waals surface area (Å²) >= 11 is 0. The summed E-state index contributed by atoms with van der Waals surface area (Å²) in [5.74, 6) is 1.44. The zero-order valence-corrected chi connectivity index (χ0v) is 15.0. The van der Waals surface area contributed by atoms with Crippen LogP contribution in [0.25, 0.3) is 5.65 Å². The zero-order valence-electron chi connectivity index (χ0n) is 15.0. The van der Waals surface area contributed by atoms with Crippen LogP contribution in [0.15, 0.2) is 18.5 Å². The predicted molar refractivity (Wildman–Crippen MR) is 95.3 cm³/mol. The topological polar surface area (TPSA) is 66.6 Å². The van der Waals surface area contributed by atoms with Gasteiger partial charge in [0.05, 0.1) is 0 Å². The van der Waals surface area contributed by atoms with Crippen LogP contribution in [-0.4, -0.2) is 55.8 Å². The lowest BCUT2D eigenvalue weighted by atomic mass is 9.87. The highest BCUT2D eigenvalue weighted by atomic mass is 16.2. The highest BCUT2D eigenvalue weighted by Gasteiger charge is 2.35. The molecule has 134 valence electrons. The average Bonchev–Trinajstić information content (AvgIpc) is 3.05. The molecular weight excluding hydrogens is 316 g/mol. The van der Waals surface area contributed by atoms with Gasteiger partial charge < -0.3 is 9.80 Å². The van der Waals surface area contributed by atoms with Gasteiger partial charge in [-0.05, 0) is 58.1 Å². The molecule has 1 saturated carbocycles. The van der Waals surface area contributed by atoms with Crippen LogP contribution < -0.4 is 4.90 Å². The number of fused-ring (bicyclic) bond motifs is 1. The third-order valence-electron chi connectivity index (χ3n) is 5.59. The molecule has 0 N–H and O–H groups in total. The van der Waals surface area contributed by atoms with Crippen molar-refractivity contribution in [3.8, 4) is 0 Å². The molecule has 1 amide bonds. The summed E-state index contributed by atoms with van der Waals surface area (Å²) in [7, 11) is 0. The Kier molecular flexibility index (Phi) is 4.31. The third-order valence-corrected chi connectivity index (χ3v) is 5.59. The summed E-state index contributed by atoms with van der Waals surface area (Å²) in [4.78, 5) is 17.4. The standard InChI is InChI=1S/C18H26N6O/c1-13(2)24(15-4-3-5-15)18(25)14-8-10-22(11-9-14)17-7-6-16-20-19-12-23(16)21-17/h6-7,12-15H,3-5,8-11H2,1-2H3. The van der Waals surface area contributed by atoms with Gasteiger partial charge in [-0.1, -0.05) is 0 Å². The molecule has 2 aromatic heterocycles. The van der Waals surface area contributed by atoms with Gasteiger partial charge in [0.2, 0.25) is 5.91 Å². The minimum Gasteiger partial charge on any atom is -0.355 e. The maximum atomic E-state index is 13.0. The van der Waals surface area contributed by atoms with E-state index < -0.39 is 0 Å². The lowest BCUT2D eigenvalue weighted by molar-refractivity contribution is -0.142. The van der Waals surface area contributed by atoms with E-state index in [9.17, 15) is 4.79 Å². The summed E-state index contributed by atoms with van der Waals surface area (Å²) in [5, 5.41) is 12.4. The van der Waals surface area contributed by atoms with Gasteiger partial charge in [-0.15, -0.1) is 15.3 Å². The number of piperidine rings is 1. The van der Waals surface area contributed by atoms with Crippen molar-refractivity contribution in [1.82, 2.24) is 24.7 Å². The predicted octanol–water partition coefficient (Wildman–Crippen LogP) is 2.13. The molecule has 0 spiro atoms. The van der Waals surface area contributed by atoms with E-state index in [1.165, 1.54) is 19.3 Å². The van der Waals surface area contributed by atoms with Crippen LogP contribution in [0.4, 0.5) is 5.82 Å². The Labute approximate surface area is 148 Å². The lowest BCUT2D eigenvalue weighted by Crippen LogP contribution is -2.52. The minimum atomic E-state index is 0.151. The molecule has 0 unspecified atom stereocenters. The number of hydrogen-bond donors (Lipinski definition) is 0. The molecule has 0 atom stereocenters. The molecule has 1 aliphatic heterocycles. The highest BCUT2D eigenvalue weighted by molar-refractivity contribution is 5.80. The average molecular weight is 342 g/mol. The second-order valence-electron chi connectivity index (χ2n) is 7.51. The first-order valence-corrected chi connectivity index (χ1v) is 9.37. The summed E-state index contributed by atoms with van der Waals surface area (Å²) < 4.78 is 1.70. The first-order chi connectivity index (χ1) is 12.1. The summed E-state index contributed by atoms with van der Waals surface area (Å²) in [5.41, 5.74) is 0.752. The number of hydrogen-bond acceptors (Lipinski definition) is 5. The number of carbonyl (C=O) groups excluding carboxylic acids is 1. The van der Waals surface area contributed by atoms with E-state index in [4.69, 9.17) is 0 Å². The number of nitrogens with zero attached hydrogens (tertiary/aromatic N) is 6. The van der Waals surface area contributed by atoms with Crippen LogP contribution in [0.2, 0.25) is 0 Å². The fraction of sp³-hybridized carbons (Fsp3) is 0.667. The van der Waals surface area contributed by atoms with Crippen molar-refractivity contribution < 1.29 is 4.79 Å². The molecule has 0 aromatic carbocycles. The van der Waals surface area contributed by atoms with E-state index in [0.29, 0.717) is 18.0 Å². The van der Waals surface area contributed by atoms with Crippen LogP contribution in [0, 0.1) is 5.92 Å². The highest BCUT2D eigenvalue weighted by Crippen LogP contribution is 2.31. The number of rotatable bonds is 4. The van der Waals surface area contributed by atoms with Gasteiger partial charge in [0, 0.05) is 31.1 Å². The molecule has 0 radical (unpaired) electrons. The minimum absolute atomic E-state index is 0.151. The van der Waals surface area contributed by atoms with Gasteiger partial charge in [-0.3, -0.25) is 4.79 Å². The zero-order chi connectivity index (χ0) is 17.4. The summed E-state index contributed by atoms with van der Waals surface area (Å²) in [6.07, 6.45) is 7.02. The maximum absolute atomic E-state index is 13.0. The van der Waals surface area contributed by atoms with Crippen molar-refractivity contribution in [3.63, 3.8) is 0 Å². The van der Waals surface area contributed by atoms with Crippen LogP contribution in [0.3, 0.4) is 0 Å². The molecular formula is C18H26N6O. The van der Waals surface area contributed by atoms with Gasteiger partial charge >= 0.3 is 0 Å². The van der Waals surface area contributed by atoms with Crippen molar-refractivity contribution in [1.29, 1.82) is 0 Å². The Balaban J connectivity index is 1.41. The van der Waals surface area contributed by atoms with Crippen LogP contribution >= 0.6 is 0 Å². The lowest BCUT2D eigenvalue weighted by Gasteiger charge is -2.43. The van der Waals surface area contributed by atoms with Gasteiger partial charge in [-0.2, -0.15) is 4.52 Å². The Hall–Kier alpha value is -2.18. The molecule has 2 aliphatic rings. The Morgan fingerprint density at radius 2 is 1.96 bits per heavy atom. The van der Waals surface area contributed by atoms with Crippen molar-refractivity contribution >= 4 is 17.4 Å². The van der Waals surface area contributed by atoms with Crippen molar-refractivity contribution in [2.75, 3.05) is 18.0 Å². The van der Waals surface area contributed by atoms with Crippen LogP contribution in [-0.2, 0) is 4.79 Å². The van der Waals surface area contributed by atoms with E-state index in [1.54, 1.807) is 10.8 Å². The molecule has 2 fully saturated rings. The van der Waals surface area contributed by atoms with Crippen molar-refractivity contribution in [2.45, 2.75) is 58.0 Å². The largest absolute Gasteiger partial charge is 0.355 e. The Bertz CT molecular complexity index is 745. The fourth-order valence-corrected chi connectivity index (χ4v) is 3.97. The Morgan fingerprint density at radius 3 is 2.60 bits per heavy atom. The van der Waals surface area contributed by atoms with E-state index in [-0.39, 0.29) is 5.92 Å². The second-order valence-corrected chi connectivity index (χ2v) is 7.51. The maximum Gasteiger partial charge on any atom is 0.226 e. The van der Waals surface area contributed by atoms with Crippen LogP contribution in [0.1, 0.15) is 46.0 Å². The smallest absolute Gasteiger partial charge is 0.226 e. The fourth-order valence-electron chi connectivity index (χ4n) is 3.97. The number of carbonyl (C=O) groups is 1. The Morgan fingerprint density at radius 1 is 1.20 bits per heavy atom. The molecule has 25 heavy (non-hydrogen) atoms. The molecule has 4 rings (SSSR count). The normalized spacial score (nSPS) is 19.4. The van der Waals surface area contributed by atoms with E-state index in [0.717, 1.165) is 37.4 Å². The van der Waals surface area contributed by atoms with Crippen molar-refractivity contribution in [2.24, 2.45) is 5.92 Å². The van der Waals surface area contributed by atoms with Crippen molar-refractivity contribution in [3.05, 3.63) is 18.5 Å². The van der Waals surface area contributed by atoms with Gasteiger partial charge in [0.15, 0.2) is 5.65 Å². The van der Waals surface area contributed by atoms with E-state index in [2.05, 4.69) is 38.9 Å². The molecule has 0 bridgehead atoms. The van der Waals surface area contributed by atoms with Gasteiger partial charge in [0.1, 0.15) is 12.1 Å². The monoisotopic (exact) mass is 342 g/mol. The molecule has 7 nitrogen and oxygen atoms in total. The SMILES string of the molecule is CC(C)N(C(=O)C1CCN(c2ccc3nncn3n2)CC1)C1CCC1. The number of amides is 1. The van der Waals surface area contributed by atoms with Gasteiger partial charge in [-0.25, -0.2) is 0 Å². The van der Waals surface area contributed by atoms with Crippen LogP contribution in [0.5, 0.6) is 0 Å². The number of aromatic nitrogens is 4. The number of anilines is 1.